The molecule has 2 fully saturated rings. The highest BCUT2D eigenvalue weighted by Gasteiger charge is 2.40. The summed E-state index contributed by atoms with van der Waals surface area (Å²) < 4.78 is 5.47. The highest BCUT2D eigenvalue weighted by atomic mass is 35.5. The molecule has 1 aromatic rings. The summed E-state index contributed by atoms with van der Waals surface area (Å²) >= 11 is 0. The molecule has 1 saturated carbocycles. The van der Waals surface area contributed by atoms with E-state index in [9.17, 15) is 5.26 Å². The standard InChI is InChI=1S/C15H22N4O.ClH/c16-11-15(8-4-2-5-9-15)14-18-13(19-20-14)12-7-3-1-6-10-17-12;/h12,17H,1-10H2;1H. The van der Waals surface area contributed by atoms with Crippen LogP contribution < -0.4 is 5.32 Å². The molecule has 2 heterocycles. The minimum absolute atomic E-state index is 0. The molecule has 0 bridgehead atoms. The van der Waals surface area contributed by atoms with Crippen molar-refractivity contribution in [3.8, 4) is 6.07 Å². The van der Waals surface area contributed by atoms with Crippen molar-refractivity contribution in [1.82, 2.24) is 15.5 Å². The van der Waals surface area contributed by atoms with E-state index in [1.165, 1.54) is 25.7 Å². The molecule has 116 valence electrons. The number of nitrogens with one attached hydrogen (secondary N) is 1. The van der Waals surface area contributed by atoms with Gasteiger partial charge in [-0.1, -0.05) is 37.3 Å². The van der Waals surface area contributed by atoms with Gasteiger partial charge in [-0.3, -0.25) is 0 Å². The number of aromatic nitrogens is 2. The largest absolute Gasteiger partial charge is 0.338 e. The third-order valence-electron chi connectivity index (χ3n) is 4.64. The van der Waals surface area contributed by atoms with Gasteiger partial charge in [-0.15, -0.1) is 12.4 Å². The van der Waals surface area contributed by atoms with Gasteiger partial charge in [0.1, 0.15) is 5.41 Å². The predicted molar refractivity (Wildman–Crippen MR) is 81.1 cm³/mol. The number of nitriles is 1. The molecule has 0 spiro atoms. The van der Waals surface area contributed by atoms with Gasteiger partial charge in [0.15, 0.2) is 5.82 Å². The van der Waals surface area contributed by atoms with Gasteiger partial charge in [-0.2, -0.15) is 10.2 Å². The first-order valence-corrected chi connectivity index (χ1v) is 7.83. The van der Waals surface area contributed by atoms with Crippen LogP contribution in [0.5, 0.6) is 0 Å². The maximum atomic E-state index is 9.57. The maximum absolute atomic E-state index is 9.57. The van der Waals surface area contributed by atoms with E-state index in [0.29, 0.717) is 5.89 Å². The fourth-order valence-electron chi connectivity index (χ4n) is 3.35. The summed E-state index contributed by atoms with van der Waals surface area (Å²) in [4.78, 5) is 4.58. The lowest BCUT2D eigenvalue weighted by molar-refractivity contribution is 0.263. The van der Waals surface area contributed by atoms with E-state index in [1.54, 1.807) is 0 Å². The van der Waals surface area contributed by atoms with Crippen LogP contribution in [0.25, 0.3) is 0 Å². The Bertz CT molecular complexity index is 482. The average Bonchev–Trinajstić information content (AvgIpc) is 2.85. The van der Waals surface area contributed by atoms with Gasteiger partial charge in [0.2, 0.25) is 5.89 Å². The van der Waals surface area contributed by atoms with Crippen LogP contribution in [0.2, 0.25) is 0 Å². The smallest absolute Gasteiger partial charge is 0.247 e. The average molecular weight is 311 g/mol. The van der Waals surface area contributed by atoms with Crippen LogP contribution in [0.3, 0.4) is 0 Å². The van der Waals surface area contributed by atoms with E-state index in [-0.39, 0.29) is 18.4 Å². The Morgan fingerprint density at radius 1 is 1.14 bits per heavy atom. The van der Waals surface area contributed by atoms with Crippen LogP contribution in [-0.2, 0) is 5.41 Å². The van der Waals surface area contributed by atoms with Crippen LogP contribution in [0, 0.1) is 11.3 Å². The molecule has 2 aliphatic rings. The molecule has 21 heavy (non-hydrogen) atoms. The van der Waals surface area contributed by atoms with Gasteiger partial charge >= 0.3 is 0 Å². The fourth-order valence-corrected chi connectivity index (χ4v) is 3.35. The molecule has 1 aromatic heterocycles. The Morgan fingerprint density at radius 3 is 2.67 bits per heavy atom. The summed E-state index contributed by atoms with van der Waals surface area (Å²) in [6.45, 7) is 1.01. The second kappa shape index (κ2) is 7.24. The third-order valence-corrected chi connectivity index (χ3v) is 4.64. The summed E-state index contributed by atoms with van der Waals surface area (Å²) in [5.74, 6) is 1.28. The lowest BCUT2D eigenvalue weighted by atomic mass is 9.75. The molecular weight excluding hydrogens is 288 g/mol. The monoisotopic (exact) mass is 310 g/mol. The Hall–Kier alpha value is -1.12. The Kier molecular flexibility index (Phi) is 5.60. The molecule has 0 aromatic carbocycles. The van der Waals surface area contributed by atoms with Gasteiger partial charge in [-0.05, 0) is 32.2 Å². The molecule has 1 saturated heterocycles. The molecular formula is C15H23ClN4O. The summed E-state index contributed by atoms with van der Waals surface area (Å²) in [5, 5.41) is 17.2. The van der Waals surface area contributed by atoms with Crippen molar-refractivity contribution >= 4 is 12.4 Å². The highest BCUT2D eigenvalue weighted by molar-refractivity contribution is 5.85. The van der Waals surface area contributed by atoms with Crippen LogP contribution in [0.15, 0.2) is 4.52 Å². The van der Waals surface area contributed by atoms with E-state index < -0.39 is 5.41 Å². The zero-order valence-electron chi connectivity index (χ0n) is 12.3. The number of halogens is 1. The Labute approximate surface area is 131 Å². The van der Waals surface area contributed by atoms with Crippen molar-refractivity contribution in [2.45, 2.75) is 69.2 Å². The minimum atomic E-state index is -0.534. The van der Waals surface area contributed by atoms with E-state index in [4.69, 9.17) is 4.52 Å². The van der Waals surface area contributed by atoms with Crippen molar-refractivity contribution < 1.29 is 4.52 Å². The molecule has 1 aliphatic heterocycles. The number of hydrogen-bond donors (Lipinski definition) is 1. The zero-order chi connectivity index (χ0) is 13.8. The van der Waals surface area contributed by atoms with E-state index in [2.05, 4.69) is 21.5 Å². The summed E-state index contributed by atoms with van der Waals surface area (Å²) in [5.41, 5.74) is -0.534. The quantitative estimate of drug-likeness (QED) is 0.906. The molecule has 0 amide bonds. The maximum Gasteiger partial charge on any atom is 0.247 e. The Morgan fingerprint density at radius 2 is 1.90 bits per heavy atom. The molecule has 1 atom stereocenters. The fraction of sp³-hybridized carbons (Fsp3) is 0.800. The number of rotatable bonds is 2. The van der Waals surface area contributed by atoms with Gasteiger partial charge in [0.05, 0.1) is 12.1 Å². The first-order chi connectivity index (χ1) is 9.84. The molecule has 6 heteroatoms. The van der Waals surface area contributed by atoms with Crippen molar-refractivity contribution in [2.24, 2.45) is 0 Å². The Balaban J connectivity index is 0.00000161. The van der Waals surface area contributed by atoms with Crippen molar-refractivity contribution in [1.29, 1.82) is 5.26 Å². The normalized spacial score (nSPS) is 25.4. The first kappa shape index (κ1) is 16.3. The van der Waals surface area contributed by atoms with E-state index in [0.717, 1.165) is 44.5 Å². The summed E-state index contributed by atoms with van der Waals surface area (Å²) in [7, 11) is 0. The summed E-state index contributed by atoms with van der Waals surface area (Å²) in [6.07, 6.45) is 9.78. The SMILES string of the molecule is Cl.N#CC1(c2nc(C3CCCCCN3)no2)CCCCC1. The minimum Gasteiger partial charge on any atom is -0.338 e. The topological polar surface area (TPSA) is 74.7 Å². The van der Waals surface area contributed by atoms with Crippen molar-refractivity contribution in [3.05, 3.63) is 11.7 Å². The summed E-state index contributed by atoms with van der Waals surface area (Å²) in [6, 6.07) is 2.63. The second-order valence-electron chi connectivity index (χ2n) is 6.07. The van der Waals surface area contributed by atoms with Crippen LogP contribution in [0.1, 0.15) is 75.5 Å². The van der Waals surface area contributed by atoms with Crippen molar-refractivity contribution in [2.75, 3.05) is 6.54 Å². The van der Waals surface area contributed by atoms with Crippen molar-refractivity contribution in [3.63, 3.8) is 0 Å². The predicted octanol–water partition coefficient (Wildman–Crippen LogP) is 3.42. The lowest BCUT2D eigenvalue weighted by Crippen LogP contribution is -2.28. The molecule has 0 radical (unpaired) electrons. The molecule has 3 rings (SSSR count). The van der Waals surface area contributed by atoms with Crippen LogP contribution in [-0.4, -0.2) is 16.7 Å². The molecule has 1 unspecified atom stereocenters. The highest BCUT2D eigenvalue weighted by Crippen LogP contribution is 2.38. The molecule has 1 N–H and O–H groups in total. The number of nitrogens with zero attached hydrogens (tertiary/aromatic N) is 3. The van der Waals surface area contributed by atoms with E-state index in [1.807, 2.05) is 0 Å². The first-order valence-electron chi connectivity index (χ1n) is 7.83. The van der Waals surface area contributed by atoms with Gasteiger partial charge in [0.25, 0.3) is 0 Å². The molecule has 5 nitrogen and oxygen atoms in total. The van der Waals surface area contributed by atoms with Gasteiger partial charge < -0.3 is 9.84 Å². The van der Waals surface area contributed by atoms with Crippen LogP contribution >= 0.6 is 12.4 Å². The number of hydrogen-bond acceptors (Lipinski definition) is 5. The second-order valence-corrected chi connectivity index (χ2v) is 6.07. The van der Waals surface area contributed by atoms with Gasteiger partial charge in [0, 0.05) is 0 Å². The van der Waals surface area contributed by atoms with E-state index >= 15 is 0 Å². The third kappa shape index (κ3) is 3.38. The van der Waals surface area contributed by atoms with Crippen LogP contribution in [0.4, 0.5) is 0 Å². The molecule has 1 aliphatic carbocycles. The van der Waals surface area contributed by atoms with Gasteiger partial charge in [-0.25, -0.2) is 0 Å². The zero-order valence-corrected chi connectivity index (χ0v) is 13.1. The lowest BCUT2D eigenvalue weighted by Gasteiger charge is -2.26.